The number of benzene rings is 2. The van der Waals surface area contributed by atoms with Gasteiger partial charge in [0.1, 0.15) is 5.75 Å². The van der Waals surface area contributed by atoms with Crippen molar-refractivity contribution in [2.75, 3.05) is 5.75 Å². The van der Waals surface area contributed by atoms with Crippen LogP contribution >= 0.6 is 11.8 Å². The Bertz CT molecular complexity index is 828. The van der Waals surface area contributed by atoms with Crippen LogP contribution in [0.25, 0.3) is 11.4 Å². The number of carbonyl (C=O) groups is 1. The lowest BCUT2D eigenvalue weighted by atomic mass is 10.1. The molecular weight excluding hydrogens is 310 g/mol. The van der Waals surface area contributed by atoms with Gasteiger partial charge in [-0.15, -0.1) is 5.10 Å². The molecular formula is C17H15N3O2S. The molecule has 1 aromatic heterocycles. The van der Waals surface area contributed by atoms with E-state index in [0.717, 1.165) is 5.56 Å². The number of H-pyrrole nitrogens is 1. The number of nitrogens with zero attached hydrogens (tertiary/aromatic N) is 2. The summed E-state index contributed by atoms with van der Waals surface area (Å²) in [5.41, 5.74) is 2.38. The lowest BCUT2D eigenvalue weighted by Gasteiger charge is -2.00. The standard InChI is InChI=1S/C17H15N3O2S/c1-11-6-8-12(9-7-11)15(22)10-23-17-18-16(19-20-17)13-4-2-3-5-14(13)21/h2-9,21H,10H2,1H3,(H,18,19,20). The van der Waals surface area contributed by atoms with Crippen LogP contribution in [-0.2, 0) is 0 Å². The van der Waals surface area contributed by atoms with Crippen LogP contribution in [0.5, 0.6) is 5.75 Å². The summed E-state index contributed by atoms with van der Waals surface area (Å²) >= 11 is 1.26. The molecule has 0 spiro atoms. The molecule has 0 bridgehead atoms. The van der Waals surface area contributed by atoms with Crippen LogP contribution in [0.1, 0.15) is 15.9 Å². The Labute approximate surface area is 137 Å². The molecule has 2 N–H and O–H groups in total. The number of aromatic amines is 1. The van der Waals surface area contributed by atoms with Gasteiger partial charge in [-0.05, 0) is 19.1 Å². The van der Waals surface area contributed by atoms with Crippen molar-refractivity contribution in [2.45, 2.75) is 12.1 Å². The van der Waals surface area contributed by atoms with E-state index in [-0.39, 0.29) is 17.3 Å². The Kier molecular flexibility index (Phi) is 4.43. The van der Waals surface area contributed by atoms with Gasteiger partial charge in [0.05, 0.1) is 11.3 Å². The highest BCUT2D eigenvalue weighted by atomic mass is 32.2. The molecule has 5 nitrogen and oxygen atoms in total. The van der Waals surface area contributed by atoms with Crippen LogP contribution in [-0.4, -0.2) is 31.8 Å². The van der Waals surface area contributed by atoms with Crippen molar-refractivity contribution in [1.29, 1.82) is 0 Å². The highest BCUT2D eigenvalue weighted by Gasteiger charge is 2.12. The zero-order valence-corrected chi connectivity index (χ0v) is 13.3. The minimum atomic E-state index is 0.0314. The molecule has 3 rings (SSSR count). The predicted octanol–water partition coefficient (Wildman–Crippen LogP) is 3.46. The molecule has 0 unspecified atom stereocenters. The summed E-state index contributed by atoms with van der Waals surface area (Å²) in [7, 11) is 0. The maximum absolute atomic E-state index is 12.1. The molecule has 0 aliphatic carbocycles. The van der Waals surface area contributed by atoms with E-state index in [1.54, 1.807) is 18.2 Å². The number of aryl methyl sites for hydroxylation is 1. The molecule has 0 radical (unpaired) electrons. The number of aromatic nitrogens is 3. The lowest BCUT2D eigenvalue weighted by Crippen LogP contribution is -2.02. The maximum atomic E-state index is 12.1. The van der Waals surface area contributed by atoms with Crippen molar-refractivity contribution in [3.05, 3.63) is 59.7 Å². The molecule has 0 atom stereocenters. The molecule has 0 saturated carbocycles. The van der Waals surface area contributed by atoms with Crippen LogP contribution in [0.4, 0.5) is 0 Å². The van der Waals surface area contributed by atoms with E-state index in [2.05, 4.69) is 15.2 Å². The van der Waals surface area contributed by atoms with Gasteiger partial charge in [0.2, 0.25) is 5.16 Å². The molecule has 2 aromatic carbocycles. The second-order valence-corrected chi connectivity index (χ2v) is 6.00. The number of nitrogens with one attached hydrogen (secondary N) is 1. The zero-order chi connectivity index (χ0) is 16.2. The summed E-state index contributed by atoms with van der Waals surface area (Å²) in [5.74, 6) is 0.912. The van der Waals surface area contributed by atoms with E-state index in [0.29, 0.717) is 22.1 Å². The van der Waals surface area contributed by atoms with E-state index in [1.165, 1.54) is 11.8 Å². The number of para-hydroxylation sites is 1. The maximum Gasteiger partial charge on any atom is 0.209 e. The molecule has 0 saturated heterocycles. The van der Waals surface area contributed by atoms with E-state index in [9.17, 15) is 9.90 Å². The van der Waals surface area contributed by atoms with E-state index in [4.69, 9.17) is 0 Å². The fraction of sp³-hybridized carbons (Fsp3) is 0.118. The quantitative estimate of drug-likeness (QED) is 0.555. The van der Waals surface area contributed by atoms with Gasteiger partial charge in [-0.3, -0.25) is 9.89 Å². The molecule has 0 aliphatic heterocycles. The number of hydrogen-bond donors (Lipinski definition) is 2. The summed E-state index contributed by atoms with van der Waals surface area (Å²) in [6.45, 7) is 1.98. The van der Waals surface area contributed by atoms with Crippen molar-refractivity contribution in [1.82, 2.24) is 15.2 Å². The highest BCUT2D eigenvalue weighted by Crippen LogP contribution is 2.27. The molecule has 0 fully saturated rings. The average molecular weight is 325 g/mol. The van der Waals surface area contributed by atoms with Crippen molar-refractivity contribution in [2.24, 2.45) is 0 Å². The number of carbonyl (C=O) groups excluding carboxylic acids is 1. The number of thioether (sulfide) groups is 1. The third-order valence-electron chi connectivity index (χ3n) is 3.33. The summed E-state index contributed by atoms with van der Waals surface area (Å²) in [5, 5.41) is 17.1. The monoisotopic (exact) mass is 325 g/mol. The van der Waals surface area contributed by atoms with Crippen LogP contribution in [0, 0.1) is 6.92 Å². The largest absolute Gasteiger partial charge is 0.507 e. The molecule has 3 aromatic rings. The van der Waals surface area contributed by atoms with Crippen molar-refractivity contribution < 1.29 is 9.90 Å². The van der Waals surface area contributed by atoms with Crippen molar-refractivity contribution in [3.8, 4) is 17.1 Å². The minimum absolute atomic E-state index is 0.0314. The van der Waals surface area contributed by atoms with Crippen LogP contribution < -0.4 is 0 Å². The first-order valence-corrected chi connectivity index (χ1v) is 8.05. The second-order valence-electron chi connectivity index (χ2n) is 5.06. The number of Topliss-reactive ketones (excluding diaryl/α,β-unsaturated/α-hetero) is 1. The first-order chi connectivity index (χ1) is 11.1. The van der Waals surface area contributed by atoms with Gasteiger partial charge in [-0.1, -0.05) is 53.7 Å². The predicted molar refractivity (Wildman–Crippen MR) is 89.7 cm³/mol. The van der Waals surface area contributed by atoms with Crippen molar-refractivity contribution >= 4 is 17.5 Å². The van der Waals surface area contributed by atoms with Gasteiger partial charge in [0, 0.05) is 5.56 Å². The minimum Gasteiger partial charge on any atom is -0.507 e. The number of ketones is 1. The molecule has 1 heterocycles. The summed E-state index contributed by atoms with van der Waals surface area (Å²) in [4.78, 5) is 16.4. The van der Waals surface area contributed by atoms with Gasteiger partial charge < -0.3 is 5.11 Å². The summed E-state index contributed by atoms with van der Waals surface area (Å²) in [6.07, 6.45) is 0. The van der Waals surface area contributed by atoms with Gasteiger partial charge >= 0.3 is 0 Å². The number of hydrogen-bond acceptors (Lipinski definition) is 5. The third-order valence-corrected chi connectivity index (χ3v) is 4.18. The highest BCUT2D eigenvalue weighted by molar-refractivity contribution is 7.99. The zero-order valence-electron chi connectivity index (χ0n) is 12.5. The first-order valence-electron chi connectivity index (χ1n) is 7.07. The number of phenolic OH excluding ortho intramolecular Hbond substituents is 1. The Morgan fingerprint density at radius 1 is 1.17 bits per heavy atom. The fourth-order valence-corrected chi connectivity index (χ4v) is 2.75. The summed E-state index contributed by atoms with van der Waals surface area (Å²) < 4.78 is 0. The second kappa shape index (κ2) is 6.66. The smallest absolute Gasteiger partial charge is 0.209 e. The Morgan fingerprint density at radius 3 is 2.65 bits per heavy atom. The van der Waals surface area contributed by atoms with Crippen LogP contribution in [0.3, 0.4) is 0 Å². The normalized spacial score (nSPS) is 10.7. The topological polar surface area (TPSA) is 78.9 Å². The Hall–Kier alpha value is -2.60. The number of phenols is 1. The Balaban J connectivity index is 1.67. The fourth-order valence-electron chi connectivity index (χ4n) is 2.06. The SMILES string of the molecule is Cc1ccc(C(=O)CSc2n[nH]c(-c3ccccc3O)n2)cc1. The van der Waals surface area contributed by atoms with Gasteiger partial charge in [-0.25, -0.2) is 4.98 Å². The molecule has 0 amide bonds. The van der Waals surface area contributed by atoms with Crippen LogP contribution in [0.2, 0.25) is 0 Å². The number of rotatable bonds is 5. The van der Waals surface area contributed by atoms with E-state index in [1.807, 2.05) is 37.3 Å². The lowest BCUT2D eigenvalue weighted by molar-refractivity contribution is 0.102. The van der Waals surface area contributed by atoms with Crippen molar-refractivity contribution in [3.63, 3.8) is 0 Å². The number of aromatic hydroxyl groups is 1. The van der Waals surface area contributed by atoms with Gasteiger partial charge in [0.15, 0.2) is 11.6 Å². The molecule has 6 heteroatoms. The average Bonchev–Trinajstić information content (AvgIpc) is 3.02. The van der Waals surface area contributed by atoms with E-state index < -0.39 is 0 Å². The van der Waals surface area contributed by atoms with Crippen LogP contribution in [0.15, 0.2) is 53.7 Å². The van der Waals surface area contributed by atoms with Gasteiger partial charge in [-0.2, -0.15) is 0 Å². The molecule has 23 heavy (non-hydrogen) atoms. The van der Waals surface area contributed by atoms with E-state index >= 15 is 0 Å². The molecule has 116 valence electrons. The third kappa shape index (κ3) is 3.60. The molecule has 0 aliphatic rings. The summed E-state index contributed by atoms with van der Waals surface area (Å²) in [6, 6.07) is 14.4. The Morgan fingerprint density at radius 2 is 1.91 bits per heavy atom. The van der Waals surface area contributed by atoms with Gasteiger partial charge in [0.25, 0.3) is 0 Å². The first kappa shape index (κ1) is 15.3.